The first-order valence-electron chi connectivity index (χ1n) is 9.42. The van der Waals surface area contributed by atoms with E-state index in [9.17, 15) is 28.2 Å². The van der Waals surface area contributed by atoms with E-state index in [-0.39, 0.29) is 29.5 Å². The van der Waals surface area contributed by atoms with Crippen LogP contribution in [0.15, 0.2) is 47.6 Å². The van der Waals surface area contributed by atoms with Crippen LogP contribution in [0.25, 0.3) is 0 Å². The molecule has 0 atom stereocenters. The fourth-order valence-electron chi connectivity index (χ4n) is 2.76. The van der Waals surface area contributed by atoms with Crippen molar-refractivity contribution in [3.8, 4) is 11.5 Å². The molecule has 2 aromatic carbocycles. The third-order valence-electron chi connectivity index (χ3n) is 4.42. The summed E-state index contributed by atoms with van der Waals surface area (Å²) in [5, 5.41) is 22.8. The van der Waals surface area contributed by atoms with E-state index < -0.39 is 11.7 Å². The lowest BCUT2D eigenvalue weighted by Gasteiger charge is -2.21. The minimum absolute atomic E-state index is 0.0563. The summed E-state index contributed by atoms with van der Waals surface area (Å²) in [5.74, 6) is -0.996. The van der Waals surface area contributed by atoms with Crippen molar-refractivity contribution in [2.45, 2.75) is 12.7 Å². The maximum Gasteiger partial charge on any atom is 0.416 e. The van der Waals surface area contributed by atoms with Gasteiger partial charge in [-0.25, -0.2) is 5.43 Å². The van der Waals surface area contributed by atoms with Crippen LogP contribution in [0.1, 0.15) is 16.7 Å². The number of nitrogens with zero attached hydrogens (tertiary/aromatic N) is 3. The van der Waals surface area contributed by atoms with Crippen LogP contribution in [-0.4, -0.2) is 65.9 Å². The number of phenolic OH excluding ortho intramolecular Hbond substituents is 2. The second kappa shape index (κ2) is 10.8. The molecule has 0 radical (unpaired) electrons. The molecule has 31 heavy (non-hydrogen) atoms. The number of aromatic hydroxyl groups is 2. The van der Waals surface area contributed by atoms with Gasteiger partial charge in [0.1, 0.15) is 0 Å². The molecule has 7 nitrogen and oxygen atoms in total. The second-order valence-electron chi connectivity index (χ2n) is 7.18. The van der Waals surface area contributed by atoms with Crippen LogP contribution in [0.5, 0.6) is 11.5 Å². The number of carbonyl (C=O) groups is 1. The van der Waals surface area contributed by atoms with Crippen LogP contribution in [0, 0.1) is 0 Å². The van der Waals surface area contributed by atoms with Crippen LogP contribution < -0.4 is 5.43 Å². The number of amides is 1. The van der Waals surface area contributed by atoms with Gasteiger partial charge in [0.25, 0.3) is 5.91 Å². The molecule has 0 aromatic heterocycles. The SMILES string of the molecule is CN(CCN(C)Cc1cccc(C(F)(F)F)c1)CC(=O)NN=Cc1cccc(O)c1O. The number of para-hydroxylation sites is 1. The molecule has 2 aromatic rings. The summed E-state index contributed by atoms with van der Waals surface area (Å²) in [5.41, 5.74) is 2.47. The first kappa shape index (κ1) is 24.2. The highest BCUT2D eigenvalue weighted by molar-refractivity contribution is 5.86. The van der Waals surface area contributed by atoms with Gasteiger partial charge in [0, 0.05) is 25.2 Å². The highest BCUT2D eigenvalue weighted by atomic mass is 19.4. The van der Waals surface area contributed by atoms with Crippen molar-refractivity contribution in [2.24, 2.45) is 5.10 Å². The van der Waals surface area contributed by atoms with E-state index in [4.69, 9.17) is 0 Å². The van der Waals surface area contributed by atoms with Crippen LogP contribution in [0.3, 0.4) is 0 Å². The molecule has 0 aliphatic carbocycles. The van der Waals surface area contributed by atoms with E-state index in [1.807, 2.05) is 4.90 Å². The van der Waals surface area contributed by atoms with Crippen molar-refractivity contribution in [1.29, 1.82) is 0 Å². The molecule has 0 aliphatic rings. The molecule has 2 rings (SSSR count). The smallest absolute Gasteiger partial charge is 0.416 e. The topological polar surface area (TPSA) is 88.4 Å². The zero-order valence-corrected chi connectivity index (χ0v) is 17.2. The van der Waals surface area contributed by atoms with Gasteiger partial charge >= 0.3 is 6.18 Å². The molecule has 0 heterocycles. The Kier molecular flexibility index (Phi) is 8.40. The van der Waals surface area contributed by atoms with Gasteiger partial charge in [0.05, 0.1) is 18.3 Å². The fourth-order valence-corrected chi connectivity index (χ4v) is 2.76. The molecular formula is C21H25F3N4O3. The van der Waals surface area contributed by atoms with Crippen molar-refractivity contribution in [3.63, 3.8) is 0 Å². The number of phenols is 2. The predicted molar refractivity (Wildman–Crippen MR) is 111 cm³/mol. The number of hydrogen-bond acceptors (Lipinski definition) is 6. The molecule has 0 saturated heterocycles. The molecule has 3 N–H and O–H groups in total. The summed E-state index contributed by atoms with van der Waals surface area (Å²) in [6.07, 6.45) is -3.15. The van der Waals surface area contributed by atoms with Crippen LogP contribution in [-0.2, 0) is 17.5 Å². The largest absolute Gasteiger partial charge is 0.504 e. The number of benzene rings is 2. The highest BCUT2D eigenvalue weighted by Crippen LogP contribution is 2.29. The van der Waals surface area contributed by atoms with Crippen LogP contribution in [0.4, 0.5) is 13.2 Å². The van der Waals surface area contributed by atoms with Gasteiger partial charge in [-0.1, -0.05) is 24.3 Å². The maximum absolute atomic E-state index is 12.8. The van der Waals surface area contributed by atoms with Gasteiger partial charge in [0.15, 0.2) is 11.5 Å². The summed E-state index contributed by atoms with van der Waals surface area (Å²) in [6, 6.07) is 9.59. The summed E-state index contributed by atoms with van der Waals surface area (Å²) in [4.78, 5) is 15.6. The first-order chi connectivity index (χ1) is 14.6. The zero-order valence-electron chi connectivity index (χ0n) is 17.2. The fraction of sp³-hybridized carbons (Fsp3) is 0.333. The number of hydrogen-bond donors (Lipinski definition) is 3. The number of alkyl halides is 3. The minimum atomic E-state index is -4.37. The van der Waals surface area contributed by atoms with Crippen molar-refractivity contribution in [3.05, 3.63) is 59.2 Å². The van der Waals surface area contributed by atoms with Gasteiger partial charge in [-0.15, -0.1) is 0 Å². The summed E-state index contributed by atoms with van der Waals surface area (Å²) in [7, 11) is 3.53. The Morgan fingerprint density at radius 3 is 2.48 bits per heavy atom. The molecule has 0 saturated carbocycles. The number of carbonyl (C=O) groups excluding carboxylic acids is 1. The second-order valence-corrected chi connectivity index (χ2v) is 7.18. The van der Waals surface area contributed by atoms with Gasteiger partial charge in [-0.2, -0.15) is 18.3 Å². The van der Waals surface area contributed by atoms with Gasteiger partial charge < -0.3 is 15.1 Å². The molecular weight excluding hydrogens is 413 g/mol. The molecule has 0 aliphatic heterocycles. The van der Waals surface area contributed by atoms with E-state index >= 15 is 0 Å². The van der Waals surface area contributed by atoms with Crippen molar-refractivity contribution >= 4 is 12.1 Å². The monoisotopic (exact) mass is 438 g/mol. The van der Waals surface area contributed by atoms with Crippen molar-refractivity contribution in [1.82, 2.24) is 15.2 Å². The average molecular weight is 438 g/mol. The average Bonchev–Trinajstić information content (AvgIpc) is 2.69. The van der Waals surface area contributed by atoms with Crippen molar-refractivity contribution < 1.29 is 28.2 Å². The van der Waals surface area contributed by atoms with Crippen LogP contribution in [0.2, 0.25) is 0 Å². The Morgan fingerprint density at radius 1 is 1.10 bits per heavy atom. The number of hydrazone groups is 1. The molecule has 0 spiro atoms. The molecule has 1 amide bonds. The summed E-state index contributed by atoms with van der Waals surface area (Å²) < 4.78 is 38.4. The lowest BCUT2D eigenvalue weighted by Crippen LogP contribution is -2.37. The Morgan fingerprint density at radius 2 is 1.77 bits per heavy atom. The van der Waals surface area contributed by atoms with Crippen molar-refractivity contribution in [2.75, 3.05) is 33.7 Å². The number of nitrogens with one attached hydrogen (secondary N) is 1. The summed E-state index contributed by atoms with van der Waals surface area (Å²) in [6.45, 7) is 1.46. The normalized spacial score (nSPS) is 12.1. The Balaban J connectivity index is 1.75. The third kappa shape index (κ3) is 7.91. The third-order valence-corrected chi connectivity index (χ3v) is 4.42. The summed E-state index contributed by atoms with van der Waals surface area (Å²) >= 11 is 0. The number of halogens is 3. The van der Waals surface area contributed by atoms with E-state index in [2.05, 4.69) is 10.5 Å². The van der Waals surface area contributed by atoms with E-state index in [1.165, 1.54) is 30.5 Å². The quantitative estimate of drug-likeness (QED) is 0.318. The molecule has 0 fully saturated rings. The predicted octanol–water partition coefficient (Wildman–Crippen LogP) is 2.63. The van der Waals surface area contributed by atoms with Gasteiger partial charge in [-0.05, 0) is 37.9 Å². The standard InChI is InChI=1S/C21H25F3N4O3/c1-27(13-15-5-3-7-17(11-15)21(22,23)24)9-10-28(2)14-19(30)26-25-12-16-6-4-8-18(29)20(16)31/h3-8,11-12,29,31H,9-10,13-14H2,1-2H3,(H,26,30). The Labute approximate surface area is 178 Å². The van der Waals surface area contributed by atoms with E-state index in [0.717, 1.165) is 12.1 Å². The molecule has 168 valence electrons. The number of likely N-dealkylation sites (N-methyl/N-ethyl adjacent to an activating group) is 2. The molecule has 0 unspecified atom stereocenters. The highest BCUT2D eigenvalue weighted by Gasteiger charge is 2.30. The van der Waals surface area contributed by atoms with E-state index in [0.29, 0.717) is 25.2 Å². The maximum atomic E-state index is 12.8. The van der Waals surface area contributed by atoms with Gasteiger partial charge in [0.2, 0.25) is 0 Å². The van der Waals surface area contributed by atoms with E-state index in [1.54, 1.807) is 25.1 Å². The minimum Gasteiger partial charge on any atom is -0.504 e. The van der Waals surface area contributed by atoms with Crippen LogP contribution >= 0.6 is 0 Å². The Bertz CT molecular complexity index is 919. The Hall–Kier alpha value is -3.11. The molecule has 10 heteroatoms. The molecule has 0 bridgehead atoms. The lowest BCUT2D eigenvalue weighted by molar-refractivity contribution is -0.137. The number of rotatable bonds is 9. The lowest BCUT2D eigenvalue weighted by atomic mass is 10.1. The first-order valence-corrected chi connectivity index (χ1v) is 9.42. The zero-order chi connectivity index (χ0) is 23.0. The van der Waals surface area contributed by atoms with Gasteiger partial charge in [-0.3, -0.25) is 9.69 Å².